The normalized spacial score (nSPS) is 24.9. The second-order valence-electron chi connectivity index (χ2n) is 18.2. The van der Waals surface area contributed by atoms with Crippen LogP contribution in [0, 0.1) is 5.92 Å². The molecule has 0 spiro atoms. The number of carbonyl (C=O) groups is 5. The molecule has 3 aliphatic rings. The number of hydrogen-bond donors (Lipinski definition) is 0. The molecule has 7 aromatic carbocycles. The minimum Gasteiger partial charge on any atom is -0.462 e. The maximum Gasteiger partial charge on any atom is 0.338 e. The Morgan fingerprint density at radius 3 is 1.33 bits per heavy atom. The largest absolute Gasteiger partial charge is 0.462 e. The first-order chi connectivity index (χ1) is 37.3. The van der Waals surface area contributed by atoms with Crippen LogP contribution in [0.4, 0.5) is 0 Å². The third-order valence-electron chi connectivity index (χ3n) is 13.1. The monoisotopic (exact) mass is 1040 g/mol. The number of ether oxygens (including phenoxy) is 9. The summed E-state index contributed by atoms with van der Waals surface area (Å²) in [6.07, 6.45) is -11.7. The summed E-state index contributed by atoms with van der Waals surface area (Å²) in [4.78, 5) is 72.4. The van der Waals surface area contributed by atoms with Gasteiger partial charge in [0.25, 0.3) is 0 Å². The molecule has 5 unspecified atom stereocenters. The van der Waals surface area contributed by atoms with E-state index in [1.165, 1.54) is 11.8 Å². The lowest BCUT2D eigenvalue weighted by Crippen LogP contribution is -2.66. The molecule has 14 nitrogen and oxygen atoms in total. The van der Waals surface area contributed by atoms with Crippen LogP contribution in [0.15, 0.2) is 217 Å². The summed E-state index contributed by atoms with van der Waals surface area (Å²) in [5.41, 5.74) is 1.74. The Labute approximate surface area is 443 Å². The van der Waals surface area contributed by atoms with Crippen LogP contribution in [0.1, 0.15) is 70.1 Å². The number of esters is 5. The van der Waals surface area contributed by atoms with Gasteiger partial charge in [0.1, 0.15) is 18.3 Å². The average molecular weight is 1040 g/mol. The third kappa shape index (κ3) is 12.4. The van der Waals surface area contributed by atoms with Crippen LogP contribution in [-0.4, -0.2) is 97.3 Å². The molecule has 11 atom stereocenters. The lowest BCUT2D eigenvalue weighted by atomic mass is 9.81. The molecule has 2 aliphatic heterocycles. The van der Waals surface area contributed by atoms with E-state index in [4.69, 9.17) is 42.6 Å². The van der Waals surface area contributed by atoms with Crippen LogP contribution < -0.4 is 0 Å². The van der Waals surface area contributed by atoms with Crippen LogP contribution in [0.5, 0.6) is 0 Å². The SMILES string of the molecule is O=C(OCC1C[C@@H](Sc2ccccc2)[C@@H](OC(=O)c2ccccc2)C(OC(=O)c2ccccc2)[C@@H]1O[C@@H]1OC2COC(c3ccccc3)O[C@@H]2C(OC(=O)c2ccccc2)[C@@H]1OC(=O)c1ccccc1)c1ccccc1. The molecule has 386 valence electrons. The molecule has 10 rings (SSSR count). The van der Waals surface area contributed by atoms with E-state index in [0.29, 0.717) is 5.56 Å². The maximum absolute atomic E-state index is 14.6. The molecule has 0 bridgehead atoms. The zero-order chi connectivity index (χ0) is 52.2. The Kier molecular flexibility index (Phi) is 16.7. The van der Waals surface area contributed by atoms with Gasteiger partial charge in [0.2, 0.25) is 0 Å². The van der Waals surface area contributed by atoms with Gasteiger partial charge in [0, 0.05) is 16.4 Å². The Balaban J connectivity index is 1.09. The molecule has 0 N–H and O–H groups in total. The van der Waals surface area contributed by atoms with Crippen molar-refractivity contribution in [3.8, 4) is 0 Å². The Morgan fingerprint density at radius 1 is 0.434 bits per heavy atom. The van der Waals surface area contributed by atoms with Crippen molar-refractivity contribution in [2.24, 2.45) is 5.92 Å². The van der Waals surface area contributed by atoms with E-state index in [1.54, 1.807) is 152 Å². The number of thioether (sulfide) groups is 1. The number of carbonyl (C=O) groups excluding carboxylic acids is 5. The maximum atomic E-state index is 14.6. The van der Waals surface area contributed by atoms with Gasteiger partial charge < -0.3 is 42.6 Å². The predicted octanol–water partition coefficient (Wildman–Crippen LogP) is 10.2. The second kappa shape index (κ2) is 24.6. The molecular formula is C61H52O14S. The first-order valence-electron chi connectivity index (χ1n) is 24.9. The third-order valence-corrected chi connectivity index (χ3v) is 14.4. The topological polar surface area (TPSA) is 168 Å². The Hall–Kier alpha value is -7.92. The van der Waals surface area contributed by atoms with Gasteiger partial charge >= 0.3 is 29.8 Å². The van der Waals surface area contributed by atoms with E-state index in [-0.39, 0.29) is 47.5 Å². The second-order valence-corrected chi connectivity index (χ2v) is 19.5. The summed E-state index contributed by atoms with van der Waals surface area (Å²) >= 11 is 1.39. The van der Waals surface area contributed by atoms with Crippen LogP contribution in [-0.2, 0) is 42.6 Å². The van der Waals surface area contributed by atoms with Crippen molar-refractivity contribution in [1.29, 1.82) is 0 Å². The van der Waals surface area contributed by atoms with Crippen LogP contribution in [0.25, 0.3) is 0 Å². The fraction of sp³-hybridized carbons (Fsp3) is 0.230. The molecule has 1 aliphatic carbocycles. The molecule has 7 aromatic rings. The van der Waals surface area contributed by atoms with Gasteiger partial charge in [-0.15, -0.1) is 11.8 Å². The van der Waals surface area contributed by atoms with Crippen molar-refractivity contribution in [1.82, 2.24) is 0 Å². The first-order valence-corrected chi connectivity index (χ1v) is 25.7. The highest BCUT2D eigenvalue weighted by molar-refractivity contribution is 8.00. The zero-order valence-corrected chi connectivity index (χ0v) is 41.6. The molecule has 0 amide bonds. The van der Waals surface area contributed by atoms with E-state index in [0.717, 1.165) is 4.90 Å². The van der Waals surface area contributed by atoms with E-state index < -0.39 is 96.3 Å². The molecule has 3 fully saturated rings. The van der Waals surface area contributed by atoms with Gasteiger partial charge in [0.15, 0.2) is 37.0 Å². The summed E-state index contributed by atoms with van der Waals surface area (Å²) in [5.74, 6) is -4.55. The summed E-state index contributed by atoms with van der Waals surface area (Å²) in [6.45, 7) is -0.404. The highest BCUT2D eigenvalue weighted by atomic mass is 32.2. The van der Waals surface area contributed by atoms with Crippen LogP contribution in [0.2, 0.25) is 0 Å². The fourth-order valence-electron chi connectivity index (χ4n) is 9.40. The molecule has 76 heavy (non-hydrogen) atoms. The average Bonchev–Trinajstić information content (AvgIpc) is 3.52. The Bertz CT molecular complexity index is 3030. The molecule has 0 radical (unpaired) electrons. The van der Waals surface area contributed by atoms with Gasteiger partial charge in [0.05, 0.1) is 46.3 Å². The van der Waals surface area contributed by atoms with Crippen molar-refractivity contribution in [3.63, 3.8) is 0 Å². The van der Waals surface area contributed by atoms with Gasteiger partial charge in [-0.1, -0.05) is 140 Å². The van der Waals surface area contributed by atoms with Gasteiger partial charge in [-0.2, -0.15) is 0 Å². The molecule has 2 heterocycles. The van der Waals surface area contributed by atoms with Crippen molar-refractivity contribution < 1.29 is 66.6 Å². The minimum atomic E-state index is -1.65. The molecule has 1 saturated carbocycles. The molecular weight excluding hydrogens is 989 g/mol. The standard InChI is InChI=1S/C61H52O14S/c62-55(39-22-8-1-9-23-39)67-37-45-36-48(76-46-34-20-7-21-35-46)51(70-56(63)40-24-10-2-11-25-40)52(71-57(64)41-26-12-3-13-27-41)49(45)74-61-54(73-59(66)43-30-16-5-17-31-43)53(72-58(65)42-28-14-4-15-29-42)50-47(69-61)38-68-60(75-50)44-32-18-6-19-33-44/h1-35,45,47-54,60-61H,36-38H2/t45?,47?,48-,49-,50+,51-,52?,53?,54+,60?,61+/m1/s1. The first kappa shape index (κ1) is 51.6. The van der Waals surface area contributed by atoms with Gasteiger partial charge in [-0.05, 0) is 79.2 Å². The van der Waals surface area contributed by atoms with E-state index >= 15 is 0 Å². The minimum absolute atomic E-state index is 0.106. The van der Waals surface area contributed by atoms with Crippen molar-refractivity contribution in [3.05, 3.63) is 246 Å². The smallest absolute Gasteiger partial charge is 0.338 e. The summed E-state index contributed by atoms with van der Waals surface area (Å²) in [7, 11) is 0. The number of rotatable bonds is 16. The summed E-state index contributed by atoms with van der Waals surface area (Å²) in [6, 6.07) is 60.3. The van der Waals surface area contributed by atoms with Crippen molar-refractivity contribution in [2.45, 2.75) is 71.9 Å². The lowest BCUT2D eigenvalue weighted by molar-refractivity contribution is -0.371. The van der Waals surface area contributed by atoms with Crippen molar-refractivity contribution in [2.75, 3.05) is 13.2 Å². The fourth-order valence-corrected chi connectivity index (χ4v) is 10.8. The molecule has 2 saturated heterocycles. The van der Waals surface area contributed by atoms with E-state index in [9.17, 15) is 24.0 Å². The number of hydrogen-bond acceptors (Lipinski definition) is 15. The van der Waals surface area contributed by atoms with E-state index in [2.05, 4.69) is 0 Å². The van der Waals surface area contributed by atoms with Gasteiger partial charge in [-0.3, -0.25) is 0 Å². The zero-order valence-electron chi connectivity index (χ0n) is 40.8. The quantitative estimate of drug-likeness (QED) is 0.0662. The van der Waals surface area contributed by atoms with Crippen LogP contribution in [0.3, 0.4) is 0 Å². The van der Waals surface area contributed by atoms with Crippen molar-refractivity contribution >= 4 is 41.6 Å². The number of benzene rings is 7. The highest BCUT2D eigenvalue weighted by Gasteiger charge is 2.58. The van der Waals surface area contributed by atoms with Gasteiger partial charge in [-0.25, -0.2) is 24.0 Å². The predicted molar refractivity (Wildman–Crippen MR) is 277 cm³/mol. The molecule has 0 aromatic heterocycles. The molecule has 15 heteroatoms. The van der Waals surface area contributed by atoms with E-state index in [1.807, 2.05) is 60.7 Å². The summed E-state index contributed by atoms with van der Waals surface area (Å²) in [5, 5.41) is -0.665. The Morgan fingerprint density at radius 2 is 0.842 bits per heavy atom. The highest BCUT2D eigenvalue weighted by Crippen LogP contribution is 2.44. The summed E-state index contributed by atoms with van der Waals surface area (Å²) < 4.78 is 59.0. The van der Waals surface area contributed by atoms with Crippen LogP contribution >= 0.6 is 11.8 Å². The lowest BCUT2D eigenvalue weighted by Gasteiger charge is -2.50. The number of fused-ring (bicyclic) bond motifs is 1.